The number of hydrogen-bond donors (Lipinski definition) is 3. The van der Waals surface area contributed by atoms with Crippen molar-refractivity contribution in [3.63, 3.8) is 0 Å². The van der Waals surface area contributed by atoms with Gasteiger partial charge in [-0.25, -0.2) is 15.2 Å². The van der Waals surface area contributed by atoms with E-state index in [1.54, 1.807) is 50.7 Å². The van der Waals surface area contributed by atoms with E-state index < -0.39 is 59.0 Å². The van der Waals surface area contributed by atoms with Gasteiger partial charge in [0.05, 0.1) is 10.9 Å². The van der Waals surface area contributed by atoms with Gasteiger partial charge in [-0.3, -0.25) is 34.6 Å². The van der Waals surface area contributed by atoms with Gasteiger partial charge >= 0.3 is 12.1 Å². The van der Waals surface area contributed by atoms with E-state index in [1.807, 2.05) is 93.6 Å². The molecule has 3 N–H and O–H groups in total. The third-order valence-electron chi connectivity index (χ3n) is 11.0. The van der Waals surface area contributed by atoms with Crippen LogP contribution in [0.5, 0.6) is 0 Å². The molecule has 4 amide bonds. The minimum Gasteiger partial charge on any atom is -0.451 e. The van der Waals surface area contributed by atoms with Crippen LogP contribution in [0, 0.1) is 11.3 Å². The fourth-order valence-electron chi connectivity index (χ4n) is 7.45. The highest BCUT2D eigenvalue weighted by atomic mass is 16.6. The minimum absolute atomic E-state index is 0.208. The van der Waals surface area contributed by atoms with Gasteiger partial charge in [0, 0.05) is 32.1 Å². The number of anilines is 1. The Labute approximate surface area is 364 Å². The quantitative estimate of drug-likeness (QED) is 0.124. The molecule has 1 saturated heterocycles. The predicted octanol–water partition coefficient (Wildman–Crippen LogP) is 7.06. The molecule has 0 radical (unpaired) electrons. The number of cyclic esters (lactones) is 1. The van der Waals surface area contributed by atoms with Crippen molar-refractivity contribution in [2.45, 2.75) is 111 Å². The highest BCUT2D eigenvalue weighted by Gasteiger charge is 2.37. The van der Waals surface area contributed by atoms with Gasteiger partial charge in [-0.05, 0) is 119 Å². The highest BCUT2D eigenvalue weighted by Crippen LogP contribution is 2.26. The Bertz CT molecular complexity index is 2320. The zero-order chi connectivity index (χ0) is 44.8. The number of esters is 1. The van der Waals surface area contributed by atoms with E-state index in [9.17, 15) is 24.0 Å². The van der Waals surface area contributed by atoms with Crippen LogP contribution < -0.4 is 21.2 Å². The van der Waals surface area contributed by atoms with Crippen LogP contribution in [0.3, 0.4) is 0 Å². The van der Waals surface area contributed by atoms with Crippen LogP contribution in [0.4, 0.5) is 10.6 Å². The lowest BCUT2D eigenvalue weighted by Gasteiger charge is -2.36. The zero-order valence-electron chi connectivity index (χ0n) is 37.2. The number of nitrogens with one attached hydrogen (secondary N) is 3. The summed E-state index contributed by atoms with van der Waals surface area (Å²) < 4.78 is 11.7. The molecule has 2 aliphatic heterocycles. The average Bonchev–Trinajstić information content (AvgIpc) is 3.23. The molecule has 3 heterocycles. The SMILES string of the molecule is CC(C)[C@@H]1OC(=O)C(C)(C)/C=C/c2ccc3ccc(nc3c2)N(C)NC(=O)[C@@H]2CCCN(N2)C(=O)[C@H](CCCCN(Cc2ccc3ccccc3c2)C(=O)OC(C)(C)C)NC1=O. The van der Waals surface area contributed by atoms with E-state index in [-0.39, 0.29) is 12.3 Å². The Hall–Kier alpha value is -6.02. The normalized spacial score (nSPS) is 20.8. The number of pyridine rings is 1. The van der Waals surface area contributed by atoms with Gasteiger partial charge in [0.25, 0.3) is 17.7 Å². The lowest BCUT2D eigenvalue weighted by Crippen LogP contribution is -2.62. The third kappa shape index (κ3) is 11.7. The number of aromatic nitrogens is 1. The predicted molar refractivity (Wildman–Crippen MR) is 240 cm³/mol. The summed E-state index contributed by atoms with van der Waals surface area (Å²) in [6, 6.07) is 21.8. The van der Waals surface area contributed by atoms with Gasteiger partial charge in [-0.1, -0.05) is 74.5 Å². The molecule has 0 saturated carbocycles. The summed E-state index contributed by atoms with van der Waals surface area (Å²) in [5.41, 5.74) is 6.63. The molecular weight excluding hydrogens is 787 g/mol. The van der Waals surface area contributed by atoms with Crippen molar-refractivity contribution in [2.24, 2.45) is 11.3 Å². The molecule has 330 valence electrons. The van der Waals surface area contributed by atoms with Gasteiger partial charge < -0.3 is 19.7 Å². The second-order valence-corrected chi connectivity index (χ2v) is 18.2. The second kappa shape index (κ2) is 19.4. The first kappa shape index (κ1) is 45.5. The number of hydrogen-bond acceptors (Lipinski definition) is 10. The number of ether oxygens (including phenoxy) is 2. The number of unbranched alkanes of at least 4 members (excludes halogenated alkanes) is 1. The Morgan fingerprint density at radius 2 is 1.68 bits per heavy atom. The molecule has 3 atom stereocenters. The maximum absolute atomic E-state index is 14.4. The number of rotatable bonds is 8. The molecular formula is C48H61N7O7. The van der Waals surface area contributed by atoms with Crippen LogP contribution in [-0.2, 0) is 35.2 Å². The van der Waals surface area contributed by atoms with Crippen LogP contribution in [-0.4, -0.2) is 88.6 Å². The number of fused-ring (bicyclic) bond motifs is 5. The maximum atomic E-state index is 14.4. The van der Waals surface area contributed by atoms with E-state index in [0.29, 0.717) is 56.7 Å². The fourth-order valence-corrected chi connectivity index (χ4v) is 7.45. The molecule has 0 spiro atoms. The number of carbonyl (C=O) groups is 5. The molecule has 14 nitrogen and oxygen atoms in total. The minimum atomic E-state index is -1.20. The number of nitrogens with zero attached hydrogens (tertiary/aromatic N) is 4. The van der Waals surface area contributed by atoms with Crippen LogP contribution in [0.25, 0.3) is 27.8 Å². The van der Waals surface area contributed by atoms with Gasteiger partial charge in [0.2, 0.25) is 0 Å². The molecule has 6 rings (SSSR count). The van der Waals surface area contributed by atoms with E-state index in [4.69, 9.17) is 14.5 Å². The van der Waals surface area contributed by atoms with Gasteiger partial charge in [-0.2, -0.15) is 0 Å². The zero-order valence-corrected chi connectivity index (χ0v) is 37.2. The van der Waals surface area contributed by atoms with Gasteiger partial charge in [-0.15, -0.1) is 0 Å². The number of hydrazine groups is 2. The first-order chi connectivity index (χ1) is 29.4. The van der Waals surface area contributed by atoms with Crippen molar-refractivity contribution in [3.05, 3.63) is 90.0 Å². The third-order valence-corrected chi connectivity index (χ3v) is 11.0. The summed E-state index contributed by atoms with van der Waals surface area (Å²) in [4.78, 5) is 76.0. The average molecular weight is 848 g/mol. The van der Waals surface area contributed by atoms with E-state index >= 15 is 0 Å². The lowest BCUT2D eigenvalue weighted by molar-refractivity contribution is -0.165. The van der Waals surface area contributed by atoms with E-state index in [1.165, 1.54) is 5.01 Å². The van der Waals surface area contributed by atoms with Crippen LogP contribution in [0.1, 0.15) is 91.7 Å². The molecule has 1 fully saturated rings. The van der Waals surface area contributed by atoms with Crippen LogP contribution in [0.2, 0.25) is 0 Å². The summed E-state index contributed by atoms with van der Waals surface area (Å²) in [5, 5.41) is 8.92. The molecule has 2 aliphatic rings. The van der Waals surface area contributed by atoms with Crippen molar-refractivity contribution < 1.29 is 33.4 Å². The number of amides is 4. The van der Waals surface area contributed by atoms with E-state index in [0.717, 1.165) is 27.3 Å². The largest absolute Gasteiger partial charge is 0.451 e. The molecule has 0 unspecified atom stereocenters. The van der Waals surface area contributed by atoms with Gasteiger partial charge in [0.1, 0.15) is 23.5 Å². The number of benzene rings is 3. The van der Waals surface area contributed by atoms with Crippen LogP contribution in [0.15, 0.2) is 78.9 Å². The topological polar surface area (TPSA) is 163 Å². The van der Waals surface area contributed by atoms with Crippen molar-refractivity contribution >= 4 is 63.4 Å². The Morgan fingerprint density at radius 3 is 2.42 bits per heavy atom. The Balaban J connectivity index is 1.24. The van der Waals surface area contributed by atoms with Gasteiger partial charge in [0.15, 0.2) is 6.10 Å². The van der Waals surface area contributed by atoms with Crippen LogP contribution >= 0.6 is 0 Å². The Morgan fingerprint density at radius 1 is 0.952 bits per heavy atom. The molecule has 5 bridgehead atoms. The number of carbonyl (C=O) groups excluding carboxylic acids is 5. The van der Waals surface area contributed by atoms with Crippen molar-refractivity contribution in [2.75, 3.05) is 25.1 Å². The fraction of sp³-hybridized carbons (Fsp3) is 0.458. The van der Waals surface area contributed by atoms with E-state index in [2.05, 4.69) is 22.2 Å². The first-order valence-electron chi connectivity index (χ1n) is 21.6. The molecule has 1 aromatic heterocycles. The van der Waals surface area contributed by atoms with Crippen molar-refractivity contribution in [3.8, 4) is 0 Å². The molecule has 62 heavy (non-hydrogen) atoms. The van der Waals surface area contributed by atoms with Crippen molar-refractivity contribution in [1.82, 2.24) is 31.1 Å². The highest BCUT2D eigenvalue weighted by molar-refractivity contribution is 5.92. The summed E-state index contributed by atoms with van der Waals surface area (Å²) in [6.07, 6.45) is 4.04. The lowest BCUT2D eigenvalue weighted by atomic mass is 9.92. The second-order valence-electron chi connectivity index (χ2n) is 18.2. The summed E-state index contributed by atoms with van der Waals surface area (Å²) >= 11 is 0. The summed E-state index contributed by atoms with van der Waals surface area (Å²) in [7, 11) is 1.70. The standard InChI is InChI=1S/C48H61N7O7/c1-31(2)41-43(57)50-38(16-11-12-26-54(46(60)62-47(3,4)5)30-33-19-20-34-14-9-10-15-36(34)28-33)44(58)55-27-13-17-37(51-55)42(56)52-53(8)40-23-22-35-21-18-32(29-39(35)49-40)24-25-48(6,7)45(59)61-41/h9-10,14-15,18-25,28-29,31,37-38,41,51H,11-13,16-17,26-27,30H2,1-8H3,(H,50,57)(H,52,56)/b25-24+/t37-,38-,41-/m0/s1. The smallest absolute Gasteiger partial charge is 0.410 e. The molecule has 4 aromatic rings. The summed E-state index contributed by atoms with van der Waals surface area (Å²) in [5.74, 6) is -1.90. The maximum Gasteiger partial charge on any atom is 0.410 e. The summed E-state index contributed by atoms with van der Waals surface area (Å²) in [6.45, 7) is 13.4. The molecule has 3 aromatic carbocycles. The first-order valence-corrected chi connectivity index (χ1v) is 21.6. The molecule has 14 heteroatoms. The van der Waals surface area contributed by atoms with Crippen molar-refractivity contribution in [1.29, 1.82) is 0 Å². The monoisotopic (exact) mass is 847 g/mol. The molecule has 0 aliphatic carbocycles. The Kier molecular flexibility index (Phi) is 14.2.